The lowest BCUT2D eigenvalue weighted by Gasteiger charge is -2.28. The van der Waals surface area contributed by atoms with E-state index in [2.05, 4.69) is 30.9 Å². The molecule has 2 aliphatic rings. The summed E-state index contributed by atoms with van der Waals surface area (Å²) in [5.41, 5.74) is 1.82. The number of hydrogen-bond acceptors (Lipinski definition) is 9. The first kappa shape index (κ1) is 25.2. The summed E-state index contributed by atoms with van der Waals surface area (Å²) in [6.45, 7) is 2.24. The van der Waals surface area contributed by atoms with Gasteiger partial charge in [0.1, 0.15) is 18.1 Å². The summed E-state index contributed by atoms with van der Waals surface area (Å²) in [4.78, 5) is 33.7. The molecular weight excluding hydrogens is 471 g/mol. The molecule has 192 valence electrons. The van der Waals surface area contributed by atoms with Gasteiger partial charge in [-0.15, -0.1) is 5.10 Å². The number of nitrogens with one attached hydrogen (secondary N) is 2. The van der Waals surface area contributed by atoms with Gasteiger partial charge in [0.25, 0.3) is 5.91 Å². The highest BCUT2D eigenvalue weighted by molar-refractivity contribution is 6.02. The van der Waals surface area contributed by atoms with Crippen LogP contribution in [0.3, 0.4) is 0 Å². The second-order valence-electron chi connectivity index (χ2n) is 8.70. The summed E-state index contributed by atoms with van der Waals surface area (Å²) >= 11 is 0. The smallest absolute Gasteiger partial charge is 0.413 e. The number of aliphatic hydroxyl groups is 1. The third-order valence-electron chi connectivity index (χ3n) is 5.81. The fraction of sp³-hybridized carbons (Fsp3) is 0.478. The van der Waals surface area contributed by atoms with Gasteiger partial charge < -0.3 is 20.1 Å². The lowest BCUT2D eigenvalue weighted by Crippen LogP contribution is -2.40. The highest BCUT2D eigenvalue weighted by Gasteiger charge is 2.23. The number of alkyl halides is 1. The number of rotatable bonds is 9. The summed E-state index contributed by atoms with van der Waals surface area (Å²) in [6, 6.07) is 3.72. The van der Waals surface area contributed by atoms with Gasteiger partial charge in [-0.1, -0.05) is 11.3 Å². The minimum Gasteiger partial charge on any atom is -0.446 e. The molecule has 2 unspecified atom stereocenters. The van der Waals surface area contributed by atoms with Crippen LogP contribution < -0.4 is 10.6 Å². The van der Waals surface area contributed by atoms with E-state index in [1.165, 1.54) is 28.1 Å². The van der Waals surface area contributed by atoms with Gasteiger partial charge in [0.2, 0.25) is 6.35 Å². The standard InChI is InChI=1S/C23H29FN8O4/c1-15-5-6-16(11-25-15)12-26-21(33)19-14-32(30-29-19)13-17(24)7-9-31-10-8-20(27-22(31)34)28-23(35)36-18-3-2-4-18/h5-6,8,10-11,14,17-18,22,34H,2-4,7,9,12-13H2,1H3,(H,26,33)(H,27,28,35). The average molecular weight is 501 g/mol. The van der Waals surface area contributed by atoms with E-state index in [4.69, 9.17) is 4.74 Å². The number of carbonyl (C=O) groups excluding carboxylic acids is 2. The van der Waals surface area contributed by atoms with Crippen molar-refractivity contribution >= 4 is 17.8 Å². The first-order valence-corrected chi connectivity index (χ1v) is 11.8. The van der Waals surface area contributed by atoms with Gasteiger partial charge >= 0.3 is 6.09 Å². The lowest BCUT2D eigenvalue weighted by atomic mass is 9.96. The van der Waals surface area contributed by atoms with Crippen LogP contribution in [0.25, 0.3) is 0 Å². The fourth-order valence-corrected chi connectivity index (χ4v) is 3.47. The maximum atomic E-state index is 14.6. The number of aromatic nitrogens is 4. The molecule has 0 saturated heterocycles. The van der Waals surface area contributed by atoms with Crippen LogP contribution >= 0.6 is 0 Å². The van der Waals surface area contributed by atoms with E-state index in [0.29, 0.717) is 0 Å². The molecule has 0 spiro atoms. The molecular formula is C23H29FN8O4. The predicted molar refractivity (Wildman–Crippen MR) is 126 cm³/mol. The van der Waals surface area contributed by atoms with Gasteiger partial charge in [-0.3, -0.25) is 15.1 Å². The van der Waals surface area contributed by atoms with E-state index in [-0.39, 0.29) is 43.7 Å². The number of hydrogen-bond donors (Lipinski definition) is 3. The minimum atomic E-state index is -1.30. The van der Waals surface area contributed by atoms with Crippen molar-refractivity contribution in [2.75, 3.05) is 6.54 Å². The molecule has 3 heterocycles. The molecule has 2 atom stereocenters. The van der Waals surface area contributed by atoms with Gasteiger partial charge in [0, 0.05) is 31.2 Å². The Bertz CT molecular complexity index is 1120. The molecule has 0 aromatic carbocycles. The number of nitrogens with zero attached hydrogens (tertiary/aromatic N) is 6. The molecule has 0 radical (unpaired) electrons. The topological polar surface area (TPSA) is 147 Å². The maximum absolute atomic E-state index is 14.6. The number of halogens is 1. The molecule has 2 aromatic heterocycles. The Morgan fingerprint density at radius 3 is 2.86 bits per heavy atom. The van der Waals surface area contributed by atoms with Gasteiger partial charge in [0.05, 0.1) is 12.7 Å². The molecule has 1 aliphatic heterocycles. The van der Waals surface area contributed by atoms with Crippen molar-refractivity contribution in [3.63, 3.8) is 0 Å². The normalized spacial score (nSPS) is 18.2. The second-order valence-corrected chi connectivity index (χ2v) is 8.70. The molecule has 13 heteroatoms. The van der Waals surface area contributed by atoms with Crippen LogP contribution in [0.5, 0.6) is 0 Å². The Labute approximate surface area is 207 Å². The summed E-state index contributed by atoms with van der Waals surface area (Å²) < 4.78 is 21.0. The van der Waals surface area contributed by atoms with Crippen molar-refractivity contribution in [2.24, 2.45) is 4.99 Å². The van der Waals surface area contributed by atoms with E-state index < -0.39 is 24.5 Å². The quantitative estimate of drug-likeness (QED) is 0.469. The predicted octanol–water partition coefficient (Wildman–Crippen LogP) is 1.42. The summed E-state index contributed by atoms with van der Waals surface area (Å²) in [7, 11) is 0. The molecule has 1 saturated carbocycles. The van der Waals surface area contributed by atoms with E-state index in [1.807, 2.05) is 19.1 Å². The van der Waals surface area contributed by atoms with E-state index >= 15 is 0 Å². The number of aliphatic hydroxyl groups excluding tert-OH is 1. The number of amidine groups is 1. The Hall–Kier alpha value is -3.87. The molecule has 1 fully saturated rings. The Morgan fingerprint density at radius 1 is 1.33 bits per heavy atom. The lowest BCUT2D eigenvalue weighted by molar-refractivity contribution is 0.0373. The minimum absolute atomic E-state index is 0.0623. The van der Waals surface area contributed by atoms with E-state index in [0.717, 1.165) is 30.5 Å². The highest BCUT2D eigenvalue weighted by Crippen LogP contribution is 2.21. The molecule has 36 heavy (non-hydrogen) atoms. The molecule has 12 nitrogen and oxygen atoms in total. The number of carbonyl (C=O) groups is 2. The van der Waals surface area contributed by atoms with Crippen LogP contribution in [0.2, 0.25) is 0 Å². The van der Waals surface area contributed by atoms with Crippen molar-refractivity contribution in [3.05, 3.63) is 53.8 Å². The van der Waals surface area contributed by atoms with Gasteiger partial charge in [-0.25, -0.2) is 18.9 Å². The molecule has 4 rings (SSSR count). The van der Waals surface area contributed by atoms with Crippen LogP contribution in [0.4, 0.5) is 9.18 Å². The maximum Gasteiger partial charge on any atom is 0.413 e. The van der Waals surface area contributed by atoms with Crippen LogP contribution in [0.1, 0.15) is 47.4 Å². The first-order chi connectivity index (χ1) is 17.4. The van der Waals surface area contributed by atoms with Crippen LogP contribution in [0.15, 0.2) is 41.8 Å². The third-order valence-corrected chi connectivity index (χ3v) is 5.81. The number of pyridine rings is 1. The molecule has 2 aromatic rings. The summed E-state index contributed by atoms with van der Waals surface area (Å²) in [6.07, 6.45) is 5.70. The third kappa shape index (κ3) is 7.07. The fourth-order valence-electron chi connectivity index (χ4n) is 3.47. The number of amides is 2. The van der Waals surface area contributed by atoms with Crippen LogP contribution in [-0.2, 0) is 17.8 Å². The molecule has 2 amide bonds. The monoisotopic (exact) mass is 500 g/mol. The van der Waals surface area contributed by atoms with E-state index in [9.17, 15) is 19.1 Å². The second kappa shape index (κ2) is 11.7. The van der Waals surface area contributed by atoms with Gasteiger partial charge in [0.15, 0.2) is 5.69 Å². The van der Waals surface area contributed by atoms with E-state index in [1.54, 1.807) is 6.20 Å². The van der Waals surface area contributed by atoms with Gasteiger partial charge in [-0.05, 0) is 50.3 Å². The van der Waals surface area contributed by atoms with Crippen molar-refractivity contribution in [1.82, 2.24) is 35.5 Å². The molecule has 0 bridgehead atoms. The summed E-state index contributed by atoms with van der Waals surface area (Å²) in [5.74, 6) is -0.246. The Balaban J connectivity index is 1.17. The Kier molecular flexibility index (Phi) is 8.21. The number of alkyl carbamates (subject to hydrolysis) is 1. The number of aliphatic imine (C=N–C) groups is 1. The molecule has 1 aliphatic carbocycles. The van der Waals surface area contributed by atoms with Crippen LogP contribution in [-0.4, -0.2) is 73.0 Å². The molecule has 3 N–H and O–H groups in total. The average Bonchev–Trinajstić information content (AvgIpc) is 3.29. The van der Waals surface area contributed by atoms with Crippen molar-refractivity contribution in [2.45, 2.75) is 64.3 Å². The zero-order valence-electron chi connectivity index (χ0n) is 19.9. The van der Waals surface area contributed by atoms with Gasteiger partial charge in [-0.2, -0.15) is 0 Å². The first-order valence-electron chi connectivity index (χ1n) is 11.8. The zero-order valence-corrected chi connectivity index (χ0v) is 19.9. The number of aryl methyl sites for hydroxylation is 1. The van der Waals surface area contributed by atoms with Crippen LogP contribution in [0, 0.1) is 6.92 Å². The SMILES string of the molecule is Cc1ccc(CNC(=O)c2cn(CC(F)CCN3C=CC(NC(=O)OC4CCC4)=NC3O)nn2)cn1. The number of ether oxygens (including phenoxy) is 1. The largest absolute Gasteiger partial charge is 0.446 e. The van der Waals surface area contributed by atoms with Crippen molar-refractivity contribution < 1.29 is 23.8 Å². The Morgan fingerprint density at radius 2 is 2.17 bits per heavy atom. The van der Waals surface area contributed by atoms with Crippen molar-refractivity contribution in [1.29, 1.82) is 0 Å². The summed E-state index contributed by atoms with van der Waals surface area (Å²) in [5, 5.41) is 23.0. The highest BCUT2D eigenvalue weighted by atomic mass is 19.1. The van der Waals surface area contributed by atoms with Crippen molar-refractivity contribution in [3.8, 4) is 0 Å². The zero-order chi connectivity index (χ0) is 25.5.